The topological polar surface area (TPSA) is 66.0 Å². The number of rotatable bonds is 7. The van der Waals surface area contributed by atoms with E-state index in [0.29, 0.717) is 11.6 Å². The maximum absolute atomic E-state index is 5.93. The van der Waals surface area contributed by atoms with E-state index in [1.165, 1.54) is 0 Å². The fourth-order valence-electron chi connectivity index (χ4n) is 3.38. The molecule has 0 radical (unpaired) electrons. The zero-order valence-corrected chi connectivity index (χ0v) is 17.4. The van der Waals surface area contributed by atoms with Gasteiger partial charge in [-0.1, -0.05) is 48.2 Å². The van der Waals surface area contributed by atoms with Crippen molar-refractivity contribution in [3.63, 3.8) is 0 Å². The Morgan fingerprint density at radius 3 is 2.86 bits per heavy atom. The Bertz CT molecular complexity index is 1050. The van der Waals surface area contributed by atoms with Gasteiger partial charge in [-0.2, -0.15) is 0 Å². The van der Waals surface area contributed by atoms with Crippen molar-refractivity contribution < 1.29 is 9.15 Å². The van der Waals surface area contributed by atoms with Gasteiger partial charge in [-0.25, -0.2) is 4.98 Å². The van der Waals surface area contributed by atoms with Gasteiger partial charge in [0.25, 0.3) is 0 Å². The highest BCUT2D eigenvalue weighted by Crippen LogP contribution is 2.31. The number of oxazole rings is 1. The second-order valence-corrected chi connectivity index (χ2v) is 8.69. The summed E-state index contributed by atoms with van der Waals surface area (Å²) in [4.78, 5) is 5.55. The maximum atomic E-state index is 5.93. The molecule has 0 unspecified atom stereocenters. The van der Waals surface area contributed by atoms with Gasteiger partial charge < -0.3 is 9.15 Å². The van der Waals surface area contributed by atoms with Crippen LogP contribution in [0.5, 0.6) is 0 Å². The molecular weight excluding hydrogens is 404 g/mol. The molecule has 0 bridgehead atoms. The Labute approximate surface area is 177 Å². The van der Waals surface area contributed by atoms with Crippen LogP contribution in [0.15, 0.2) is 63.6 Å². The van der Waals surface area contributed by atoms with Gasteiger partial charge in [0.1, 0.15) is 0 Å². The summed E-state index contributed by atoms with van der Waals surface area (Å²) in [6.07, 6.45) is 4.18. The lowest BCUT2D eigenvalue weighted by Gasteiger charge is -2.13. The van der Waals surface area contributed by atoms with Gasteiger partial charge in [0, 0.05) is 12.2 Å². The molecule has 1 aliphatic heterocycles. The standard InChI is InChI=1S/C21H20N4O2S2/c1-2-6-15(7-3-1)17-12-22-19(27-17)14-29-21-24-23-20(18-9-5-11-28-18)25(21)13-16-8-4-10-26-16/h1-3,5-7,9,11-12,16H,4,8,10,13-14H2/t16-/m0/s1. The van der Waals surface area contributed by atoms with E-state index >= 15 is 0 Å². The molecule has 1 saturated heterocycles. The van der Waals surface area contributed by atoms with Gasteiger partial charge >= 0.3 is 0 Å². The van der Waals surface area contributed by atoms with Crippen LogP contribution in [0.2, 0.25) is 0 Å². The first kappa shape index (κ1) is 18.6. The molecule has 3 aromatic heterocycles. The molecule has 148 valence electrons. The third-order valence-corrected chi connectivity index (χ3v) is 6.62. The van der Waals surface area contributed by atoms with E-state index in [9.17, 15) is 0 Å². The summed E-state index contributed by atoms with van der Waals surface area (Å²) in [5.41, 5.74) is 1.03. The molecule has 0 aliphatic carbocycles. The highest BCUT2D eigenvalue weighted by molar-refractivity contribution is 7.98. The Hall–Kier alpha value is -2.42. The number of ether oxygens (including phenoxy) is 1. The minimum absolute atomic E-state index is 0.218. The smallest absolute Gasteiger partial charge is 0.205 e. The number of thioether (sulfide) groups is 1. The average molecular weight is 425 g/mol. The highest BCUT2D eigenvalue weighted by Gasteiger charge is 2.22. The molecule has 1 aliphatic rings. The second kappa shape index (κ2) is 8.52. The fraction of sp³-hybridized carbons (Fsp3) is 0.286. The van der Waals surface area contributed by atoms with Crippen molar-refractivity contribution >= 4 is 23.1 Å². The van der Waals surface area contributed by atoms with Gasteiger partial charge in [0.05, 0.1) is 29.5 Å². The normalized spacial score (nSPS) is 16.5. The Morgan fingerprint density at radius 2 is 2.07 bits per heavy atom. The number of benzene rings is 1. The molecule has 5 rings (SSSR count). The lowest BCUT2D eigenvalue weighted by Crippen LogP contribution is -2.16. The molecule has 6 nitrogen and oxygen atoms in total. The lowest BCUT2D eigenvalue weighted by molar-refractivity contribution is 0.0953. The quantitative estimate of drug-likeness (QED) is 0.383. The molecule has 8 heteroatoms. The van der Waals surface area contributed by atoms with E-state index in [2.05, 4.69) is 31.2 Å². The third-order valence-electron chi connectivity index (χ3n) is 4.81. The molecule has 0 N–H and O–H groups in total. The molecular formula is C21H20N4O2S2. The zero-order chi connectivity index (χ0) is 19.5. The molecule has 0 spiro atoms. The van der Waals surface area contributed by atoms with Crippen LogP contribution in [0.4, 0.5) is 0 Å². The molecule has 4 heterocycles. The van der Waals surface area contributed by atoms with Crippen LogP contribution in [0.25, 0.3) is 22.0 Å². The van der Waals surface area contributed by atoms with E-state index in [0.717, 1.165) is 53.2 Å². The van der Waals surface area contributed by atoms with Crippen molar-refractivity contribution in [1.82, 2.24) is 19.7 Å². The summed E-state index contributed by atoms with van der Waals surface area (Å²) in [5.74, 6) is 2.95. The monoisotopic (exact) mass is 424 g/mol. The van der Waals surface area contributed by atoms with E-state index < -0.39 is 0 Å². The van der Waals surface area contributed by atoms with Crippen molar-refractivity contribution in [2.75, 3.05) is 6.61 Å². The number of hydrogen-bond acceptors (Lipinski definition) is 7. The number of aromatic nitrogens is 4. The molecule has 1 aromatic carbocycles. The van der Waals surface area contributed by atoms with E-state index in [1.54, 1.807) is 29.3 Å². The van der Waals surface area contributed by atoms with Crippen molar-refractivity contribution in [3.8, 4) is 22.0 Å². The third kappa shape index (κ3) is 4.14. The van der Waals surface area contributed by atoms with Crippen molar-refractivity contribution in [3.05, 3.63) is 59.9 Å². The van der Waals surface area contributed by atoms with Crippen LogP contribution >= 0.6 is 23.1 Å². The predicted octanol–water partition coefficient (Wildman–Crippen LogP) is 5.13. The van der Waals surface area contributed by atoms with Crippen LogP contribution in [-0.4, -0.2) is 32.5 Å². The summed E-state index contributed by atoms with van der Waals surface area (Å²) >= 11 is 3.26. The minimum atomic E-state index is 0.218. The van der Waals surface area contributed by atoms with Gasteiger partial charge in [-0.05, 0) is 24.3 Å². The first-order valence-electron chi connectivity index (χ1n) is 9.58. The van der Waals surface area contributed by atoms with Crippen LogP contribution in [0.3, 0.4) is 0 Å². The minimum Gasteiger partial charge on any atom is -0.440 e. The van der Waals surface area contributed by atoms with Gasteiger partial charge in [0.2, 0.25) is 5.89 Å². The van der Waals surface area contributed by atoms with E-state index in [1.807, 2.05) is 36.4 Å². The van der Waals surface area contributed by atoms with Crippen molar-refractivity contribution in [2.24, 2.45) is 0 Å². The molecule has 0 saturated carbocycles. The Morgan fingerprint density at radius 1 is 1.14 bits per heavy atom. The molecule has 1 fully saturated rings. The van der Waals surface area contributed by atoms with E-state index in [-0.39, 0.29) is 6.10 Å². The summed E-state index contributed by atoms with van der Waals surface area (Å²) in [7, 11) is 0. The van der Waals surface area contributed by atoms with Crippen LogP contribution in [-0.2, 0) is 17.0 Å². The number of nitrogens with zero attached hydrogens (tertiary/aromatic N) is 4. The Balaban J connectivity index is 1.35. The Kier molecular flexibility index (Phi) is 5.47. The lowest BCUT2D eigenvalue weighted by atomic mass is 10.2. The molecule has 1 atom stereocenters. The van der Waals surface area contributed by atoms with Gasteiger partial charge in [-0.15, -0.1) is 21.5 Å². The molecule has 4 aromatic rings. The van der Waals surface area contributed by atoms with Crippen LogP contribution in [0.1, 0.15) is 18.7 Å². The first-order chi connectivity index (χ1) is 14.4. The number of hydrogen-bond donors (Lipinski definition) is 0. The van der Waals surface area contributed by atoms with Crippen molar-refractivity contribution in [2.45, 2.75) is 36.4 Å². The second-order valence-electron chi connectivity index (χ2n) is 6.80. The zero-order valence-electron chi connectivity index (χ0n) is 15.7. The van der Waals surface area contributed by atoms with Crippen LogP contribution in [0, 0.1) is 0 Å². The number of thiophene rings is 1. The fourth-order valence-corrected chi connectivity index (χ4v) is 4.90. The average Bonchev–Trinajstić information content (AvgIpc) is 3.54. The molecule has 29 heavy (non-hydrogen) atoms. The van der Waals surface area contributed by atoms with Crippen molar-refractivity contribution in [1.29, 1.82) is 0 Å². The highest BCUT2D eigenvalue weighted by atomic mass is 32.2. The summed E-state index contributed by atoms with van der Waals surface area (Å²) in [6, 6.07) is 14.1. The maximum Gasteiger partial charge on any atom is 0.205 e. The summed E-state index contributed by atoms with van der Waals surface area (Å²) in [5, 5.41) is 11.8. The van der Waals surface area contributed by atoms with Crippen LogP contribution < -0.4 is 0 Å². The predicted molar refractivity (Wildman–Crippen MR) is 114 cm³/mol. The van der Waals surface area contributed by atoms with Gasteiger partial charge in [0.15, 0.2) is 16.7 Å². The summed E-state index contributed by atoms with van der Waals surface area (Å²) in [6.45, 7) is 1.60. The van der Waals surface area contributed by atoms with Gasteiger partial charge in [-0.3, -0.25) is 4.57 Å². The van der Waals surface area contributed by atoms with E-state index in [4.69, 9.17) is 9.15 Å². The summed E-state index contributed by atoms with van der Waals surface area (Å²) < 4.78 is 14.0. The SMILES string of the molecule is c1ccc(-c2cnc(CSc3nnc(-c4cccs4)n3C[C@@H]3CCCO3)o2)cc1. The first-order valence-corrected chi connectivity index (χ1v) is 11.4. The molecule has 0 amide bonds. The largest absolute Gasteiger partial charge is 0.440 e.